The van der Waals surface area contributed by atoms with Crippen LogP contribution in [0.25, 0.3) is 0 Å². The Morgan fingerprint density at radius 2 is 1.35 bits per heavy atom. The second-order valence-electron chi connectivity index (χ2n) is 7.65. The molecule has 0 fully saturated rings. The van der Waals surface area contributed by atoms with Gasteiger partial charge < -0.3 is 14.2 Å². The smallest absolute Gasteiger partial charge is 0.170 e. The Bertz CT molecular complexity index is 745. The molecule has 0 bridgehead atoms. The van der Waals surface area contributed by atoms with Gasteiger partial charge in [-0.1, -0.05) is 39.8 Å². The van der Waals surface area contributed by atoms with Gasteiger partial charge in [-0.25, -0.2) is 0 Å². The number of benzene rings is 2. The van der Waals surface area contributed by atoms with Crippen LogP contribution in [0.3, 0.4) is 0 Å². The lowest BCUT2D eigenvalue weighted by Crippen LogP contribution is -2.08. The molecule has 0 aromatic heterocycles. The molecule has 0 aliphatic rings. The largest absolute Gasteiger partial charge is 0.493 e. The van der Waals surface area contributed by atoms with Crippen molar-refractivity contribution in [3.8, 4) is 23.0 Å². The Morgan fingerprint density at radius 1 is 0.731 bits per heavy atom. The van der Waals surface area contributed by atoms with Crippen molar-refractivity contribution in [1.29, 1.82) is 0 Å². The lowest BCUT2D eigenvalue weighted by Gasteiger charge is -2.20. The van der Waals surface area contributed by atoms with Gasteiger partial charge in [-0.05, 0) is 67.5 Å². The molecular weight excluding hydrogens is 324 g/mol. The minimum Gasteiger partial charge on any atom is -0.493 e. The minimum absolute atomic E-state index is 0.0752. The summed E-state index contributed by atoms with van der Waals surface area (Å²) in [6, 6.07) is 10.4. The van der Waals surface area contributed by atoms with Crippen molar-refractivity contribution in [1.82, 2.24) is 0 Å². The number of rotatable bonds is 7. The van der Waals surface area contributed by atoms with Crippen LogP contribution >= 0.6 is 0 Å². The zero-order chi connectivity index (χ0) is 19.4. The van der Waals surface area contributed by atoms with Gasteiger partial charge in [0.15, 0.2) is 23.0 Å². The van der Waals surface area contributed by atoms with Crippen molar-refractivity contribution in [3.63, 3.8) is 0 Å². The quantitative estimate of drug-likeness (QED) is 0.544. The molecule has 26 heavy (non-hydrogen) atoms. The predicted octanol–water partition coefficient (Wildman–Crippen LogP) is 6.83. The highest BCUT2D eigenvalue weighted by Gasteiger charge is 2.17. The van der Waals surface area contributed by atoms with Crippen LogP contribution in [0.15, 0.2) is 30.3 Å². The SMILES string of the molecule is COc1cc(C(C)C)ccc1Oc1cc(C(C)C)cc(C)c1OC(C)C. The van der Waals surface area contributed by atoms with E-state index in [1.165, 1.54) is 11.1 Å². The van der Waals surface area contributed by atoms with Crippen molar-refractivity contribution in [3.05, 3.63) is 47.0 Å². The van der Waals surface area contributed by atoms with E-state index in [2.05, 4.69) is 52.8 Å². The van der Waals surface area contributed by atoms with Crippen LogP contribution < -0.4 is 14.2 Å². The average molecular weight is 357 g/mol. The van der Waals surface area contributed by atoms with E-state index < -0.39 is 0 Å². The van der Waals surface area contributed by atoms with E-state index in [1.807, 2.05) is 26.0 Å². The van der Waals surface area contributed by atoms with Gasteiger partial charge in [-0.15, -0.1) is 0 Å². The number of hydrogen-bond donors (Lipinski definition) is 0. The first kappa shape index (κ1) is 20.2. The molecule has 0 radical (unpaired) electrons. The Morgan fingerprint density at radius 3 is 1.88 bits per heavy atom. The summed E-state index contributed by atoms with van der Waals surface area (Å²) in [5.74, 6) is 3.81. The molecule has 0 N–H and O–H groups in total. The van der Waals surface area contributed by atoms with E-state index in [0.717, 1.165) is 22.8 Å². The average Bonchev–Trinajstić information content (AvgIpc) is 2.57. The fourth-order valence-electron chi connectivity index (χ4n) is 2.81. The van der Waals surface area contributed by atoms with Crippen LogP contribution in [-0.2, 0) is 0 Å². The summed E-state index contributed by atoms with van der Waals surface area (Å²) in [5, 5.41) is 0. The maximum absolute atomic E-state index is 6.29. The molecule has 0 atom stereocenters. The predicted molar refractivity (Wildman–Crippen MR) is 108 cm³/mol. The molecule has 0 unspecified atom stereocenters. The van der Waals surface area contributed by atoms with E-state index in [1.54, 1.807) is 7.11 Å². The molecule has 0 spiro atoms. The van der Waals surface area contributed by atoms with Crippen molar-refractivity contribution >= 4 is 0 Å². The molecule has 0 saturated heterocycles. The molecule has 0 saturated carbocycles. The molecular formula is C23H32O3. The standard InChI is InChI=1S/C23H32O3/c1-14(2)18-9-10-20(21(12-18)24-8)26-22-13-19(15(3)4)11-17(7)23(22)25-16(5)6/h9-16H,1-8H3. The summed E-state index contributed by atoms with van der Waals surface area (Å²) in [5.41, 5.74) is 3.53. The van der Waals surface area contributed by atoms with Gasteiger partial charge in [0.25, 0.3) is 0 Å². The van der Waals surface area contributed by atoms with Crippen molar-refractivity contribution in [2.75, 3.05) is 7.11 Å². The van der Waals surface area contributed by atoms with Crippen molar-refractivity contribution in [2.45, 2.75) is 66.4 Å². The van der Waals surface area contributed by atoms with Crippen LogP contribution in [0.4, 0.5) is 0 Å². The molecule has 0 amide bonds. The topological polar surface area (TPSA) is 27.7 Å². The molecule has 2 rings (SSSR count). The fourth-order valence-corrected chi connectivity index (χ4v) is 2.81. The van der Waals surface area contributed by atoms with Gasteiger partial charge >= 0.3 is 0 Å². The number of hydrogen-bond acceptors (Lipinski definition) is 3. The van der Waals surface area contributed by atoms with E-state index in [-0.39, 0.29) is 6.10 Å². The summed E-state index contributed by atoms with van der Waals surface area (Å²) in [7, 11) is 1.67. The third kappa shape index (κ3) is 4.72. The molecule has 142 valence electrons. The van der Waals surface area contributed by atoms with Crippen LogP contribution in [0.2, 0.25) is 0 Å². The van der Waals surface area contributed by atoms with E-state index in [0.29, 0.717) is 17.6 Å². The third-order valence-electron chi connectivity index (χ3n) is 4.36. The highest BCUT2D eigenvalue weighted by Crippen LogP contribution is 2.41. The molecule has 2 aromatic carbocycles. The van der Waals surface area contributed by atoms with Crippen molar-refractivity contribution in [2.24, 2.45) is 0 Å². The van der Waals surface area contributed by atoms with Gasteiger partial charge in [0.2, 0.25) is 0 Å². The molecule has 0 aliphatic heterocycles. The molecule has 3 nitrogen and oxygen atoms in total. The van der Waals surface area contributed by atoms with Crippen LogP contribution in [0.1, 0.15) is 70.1 Å². The summed E-state index contributed by atoms with van der Waals surface area (Å²) >= 11 is 0. The van der Waals surface area contributed by atoms with Gasteiger partial charge in [0.05, 0.1) is 13.2 Å². The first-order valence-electron chi connectivity index (χ1n) is 9.39. The normalized spacial score (nSPS) is 11.3. The fraction of sp³-hybridized carbons (Fsp3) is 0.478. The van der Waals surface area contributed by atoms with Gasteiger partial charge in [-0.3, -0.25) is 0 Å². The van der Waals surface area contributed by atoms with Crippen LogP contribution in [0, 0.1) is 6.92 Å². The van der Waals surface area contributed by atoms with Gasteiger partial charge in [0.1, 0.15) is 0 Å². The van der Waals surface area contributed by atoms with E-state index >= 15 is 0 Å². The maximum Gasteiger partial charge on any atom is 0.170 e. The summed E-state index contributed by atoms with van der Waals surface area (Å²) in [6.07, 6.45) is 0.0752. The lowest BCUT2D eigenvalue weighted by atomic mass is 10.00. The first-order chi connectivity index (χ1) is 12.2. The Labute approximate surface area is 158 Å². The second-order valence-corrected chi connectivity index (χ2v) is 7.65. The molecule has 2 aromatic rings. The zero-order valence-corrected chi connectivity index (χ0v) is 17.3. The highest BCUT2D eigenvalue weighted by atomic mass is 16.5. The summed E-state index contributed by atoms with van der Waals surface area (Å²) in [4.78, 5) is 0. The first-order valence-corrected chi connectivity index (χ1v) is 9.39. The van der Waals surface area contributed by atoms with E-state index in [4.69, 9.17) is 14.2 Å². The number of ether oxygens (including phenoxy) is 3. The summed E-state index contributed by atoms with van der Waals surface area (Å²) < 4.78 is 17.9. The number of aryl methyl sites for hydroxylation is 1. The van der Waals surface area contributed by atoms with Gasteiger partial charge in [-0.2, -0.15) is 0 Å². The molecule has 0 heterocycles. The molecule has 0 aliphatic carbocycles. The summed E-state index contributed by atoms with van der Waals surface area (Å²) in [6.45, 7) is 14.8. The van der Waals surface area contributed by atoms with Gasteiger partial charge in [0, 0.05) is 0 Å². The van der Waals surface area contributed by atoms with E-state index in [9.17, 15) is 0 Å². The van der Waals surface area contributed by atoms with Crippen LogP contribution in [0.5, 0.6) is 23.0 Å². The van der Waals surface area contributed by atoms with Crippen LogP contribution in [-0.4, -0.2) is 13.2 Å². The molecule has 3 heteroatoms. The number of methoxy groups -OCH3 is 1. The lowest BCUT2D eigenvalue weighted by molar-refractivity contribution is 0.231. The van der Waals surface area contributed by atoms with Crippen molar-refractivity contribution < 1.29 is 14.2 Å². The Kier molecular flexibility index (Phi) is 6.57. The monoisotopic (exact) mass is 356 g/mol. The second kappa shape index (κ2) is 8.48. The zero-order valence-electron chi connectivity index (χ0n) is 17.3. The highest BCUT2D eigenvalue weighted by molar-refractivity contribution is 5.54. The maximum atomic E-state index is 6.29. The third-order valence-corrected chi connectivity index (χ3v) is 4.36. The Balaban J connectivity index is 2.50. The Hall–Kier alpha value is -2.16. The minimum atomic E-state index is 0.0752.